The van der Waals surface area contributed by atoms with Crippen LogP contribution in [-0.2, 0) is 14.3 Å². The number of carbonyl (C=O) groups excluding carboxylic acids is 2. The molecule has 1 aromatic heterocycles. The van der Waals surface area contributed by atoms with Crippen molar-refractivity contribution in [1.29, 1.82) is 0 Å². The quantitative estimate of drug-likeness (QED) is 0.367. The Bertz CT molecular complexity index is 1720. The number of rotatable bonds is 8. The van der Waals surface area contributed by atoms with Crippen LogP contribution in [0.3, 0.4) is 0 Å². The summed E-state index contributed by atoms with van der Waals surface area (Å²) in [6, 6.07) is 16.5. The van der Waals surface area contributed by atoms with E-state index in [1.54, 1.807) is 24.5 Å². The van der Waals surface area contributed by atoms with Gasteiger partial charge in [0.2, 0.25) is 0 Å². The van der Waals surface area contributed by atoms with Crippen LogP contribution >= 0.6 is 11.3 Å². The van der Waals surface area contributed by atoms with Crippen LogP contribution in [0.4, 0.5) is 5.69 Å². The molecule has 5 rings (SSSR count). The maximum absolute atomic E-state index is 14.1. The fourth-order valence-electron chi connectivity index (χ4n) is 5.19. The minimum absolute atomic E-state index is 0.214. The summed E-state index contributed by atoms with van der Waals surface area (Å²) >= 11 is 1.23. The Kier molecular flexibility index (Phi) is 8.17. The molecule has 2 aliphatic heterocycles. The number of para-hydroxylation sites is 1. The highest BCUT2D eigenvalue weighted by Gasteiger charge is 2.36. The van der Waals surface area contributed by atoms with E-state index < -0.39 is 17.9 Å². The second-order valence-corrected chi connectivity index (χ2v) is 11.5. The maximum Gasteiger partial charge on any atom is 0.338 e. The normalized spacial score (nSPS) is 19.0. The smallest absolute Gasteiger partial charge is 0.338 e. The number of esters is 1. The molecule has 2 atom stereocenters. The van der Waals surface area contributed by atoms with Gasteiger partial charge in [0.05, 0.1) is 39.9 Å². The summed E-state index contributed by atoms with van der Waals surface area (Å²) in [5, 5.41) is 5.86. The molecule has 0 aliphatic carbocycles. The van der Waals surface area contributed by atoms with Crippen LogP contribution < -0.4 is 19.9 Å². The minimum Gasteiger partial charge on any atom is -0.463 e. The molecule has 0 bridgehead atoms. The van der Waals surface area contributed by atoms with Crippen molar-refractivity contribution in [1.82, 2.24) is 4.57 Å². The van der Waals surface area contributed by atoms with Gasteiger partial charge in [-0.15, -0.1) is 0 Å². The number of hydrogen-bond donors (Lipinski definition) is 0. The first kappa shape index (κ1) is 28.4. The number of anilines is 1. The van der Waals surface area contributed by atoms with Gasteiger partial charge in [-0.3, -0.25) is 14.2 Å². The van der Waals surface area contributed by atoms with Crippen molar-refractivity contribution < 1.29 is 14.3 Å². The van der Waals surface area contributed by atoms with Crippen LogP contribution in [0.1, 0.15) is 70.5 Å². The zero-order chi connectivity index (χ0) is 29.3. The van der Waals surface area contributed by atoms with Crippen LogP contribution in [-0.4, -0.2) is 28.8 Å². The highest BCUT2D eigenvalue weighted by molar-refractivity contribution is 7.07. The molecule has 0 saturated carbocycles. The van der Waals surface area contributed by atoms with Gasteiger partial charge in [-0.25, -0.2) is 9.79 Å². The third-order valence-corrected chi connectivity index (χ3v) is 8.31. The molecule has 9 heteroatoms. The molecule has 3 aromatic rings. The molecule has 8 nitrogen and oxygen atoms in total. The van der Waals surface area contributed by atoms with E-state index in [0.29, 0.717) is 44.3 Å². The molecule has 0 saturated heterocycles. The van der Waals surface area contributed by atoms with Crippen molar-refractivity contribution in [3.05, 3.63) is 96.7 Å². The topological polar surface area (TPSA) is 93.3 Å². The number of ether oxygens (including phenoxy) is 1. The third-order valence-electron chi connectivity index (χ3n) is 7.31. The minimum atomic E-state index is -0.690. The second kappa shape index (κ2) is 11.8. The van der Waals surface area contributed by atoms with Gasteiger partial charge in [0.15, 0.2) is 4.80 Å². The van der Waals surface area contributed by atoms with Crippen molar-refractivity contribution in [2.75, 3.05) is 11.6 Å². The molecule has 0 N–H and O–H groups in total. The lowest BCUT2D eigenvalue weighted by Crippen LogP contribution is -2.40. The standard InChI is InChI=1S/C32H34N4O4S/c1-6-11-25-27(31(39)40-7-2)28(22-16-14-21(15-17-22)19(3)4)35-30(38)26(41-32(35)33-25)18-24-20(5)34-36(29(24)37)23-12-9-8-10-13-23/h8-10,12-19,24,28H,6-7,11H2,1-5H3/b26-18+/t24-,28-/m1/s1. The van der Waals surface area contributed by atoms with Crippen molar-refractivity contribution >= 4 is 40.7 Å². The molecule has 0 unspecified atom stereocenters. The molecular formula is C32H34N4O4S. The van der Waals surface area contributed by atoms with E-state index in [9.17, 15) is 14.4 Å². The molecule has 3 heterocycles. The lowest BCUT2D eigenvalue weighted by Gasteiger charge is -2.26. The fraction of sp³-hybridized carbons (Fsp3) is 0.344. The van der Waals surface area contributed by atoms with Crippen LogP contribution in [0.2, 0.25) is 0 Å². The Morgan fingerprint density at radius 3 is 2.41 bits per heavy atom. The first-order valence-electron chi connectivity index (χ1n) is 14.0. The van der Waals surface area contributed by atoms with Crippen LogP contribution in [0.15, 0.2) is 80.8 Å². The van der Waals surface area contributed by atoms with Crippen molar-refractivity contribution in [3.8, 4) is 0 Å². The van der Waals surface area contributed by atoms with Gasteiger partial charge in [0.1, 0.15) is 5.92 Å². The van der Waals surface area contributed by atoms with E-state index in [0.717, 1.165) is 17.5 Å². The van der Waals surface area contributed by atoms with Crippen molar-refractivity contribution in [2.45, 2.75) is 59.4 Å². The van der Waals surface area contributed by atoms with Gasteiger partial charge in [-0.2, -0.15) is 10.1 Å². The average molecular weight is 571 g/mol. The first-order valence-corrected chi connectivity index (χ1v) is 14.8. The van der Waals surface area contributed by atoms with Crippen molar-refractivity contribution in [2.24, 2.45) is 16.0 Å². The summed E-state index contributed by atoms with van der Waals surface area (Å²) in [4.78, 5) is 46.1. The van der Waals surface area contributed by atoms with Gasteiger partial charge in [0, 0.05) is 0 Å². The Hall–Kier alpha value is -4.11. The number of fused-ring (bicyclic) bond motifs is 1. The summed E-state index contributed by atoms with van der Waals surface area (Å²) in [7, 11) is 0. The van der Waals surface area contributed by atoms with Gasteiger partial charge in [-0.1, -0.05) is 81.0 Å². The Morgan fingerprint density at radius 2 is 1.78 bits per heavy atom. The van der Waals surface area contributed by atoms with Gasteiger partial charge in [0.25, 0.3) is 11.5 Å². The zero-order valence-corrected chi connectivity index (χ0v) is 24.8. The maximum atomic E-state index is 14.1. The molecule has 0 fully saturated rings. The fourth-order valence-corrected chi connectivity index (χ4v) is 6.22. The van der Waals surface area contributed by atoms with E-state index in [2.05, 4.69) is 18.9 Å². The molecule has 2 aliphatic rings. The Balaban J connectivity index is 1.66. The number of thiazole rings is 1. The monoisotopic (exact) mass is 570 g/mol. The summed E-state index contributed by atoms with van der Waals surface area (Å²) in [6.07, 6.45) is 3.02. The molecule has 41 heavy (non-hydrogen) atoms. The first-order chi connectivity index (χ1) is 19.7. The van der Waals surface area contributed by atoms with Crippen molar-refractivity contribution in [3.63, 3.8) is 0 Å². The predicted octanol–water partition coefficient (Wildman–Crippen LogP) is 4.69. The number of hydrazone groups is 1. The molecule has 2 aromatic carbocycles. The van der Waals surface area contributed by atoms with Gasteiger partial charge in [-0.05, 0) is 55.5 Å². The summed E-state index contributed by atoms with van der Waals surface area (Å²) in [6.45, 7) is 10.0. The average Bonchev–Trinajstić information content (AvgIpc) is 3.43. The van der Waals surface area contributed by atoms with E-state index in [1.165, 1.54) is 16.3 Å². The Labute approximate surface area is 243 Å². The zero-order valence-electron chi connectivity index (χ0n) is 24.0. The van der Waals surface area contributed by atoms with E-state index in [4.69, 9.17) is 9.73 Å². The van der Waals surface area contributed by atoms with E-state index >= 15 is 0 Å². The number of benzene rings is 2. The second-order valence-electron chi connectivity index (χ2n) is 10.5. The molecular weight excluding hydrogens is 536 g/mol. The number of allylic oxidation sites excluding steroid dienone is 1. The number of hydrogen-bond acceptors (Lipinski definition) is 7. The van der Waals surface area contributed by atoms with Gasteiger partial charge < -0.3 is 4.74 Å². The molecule has 212 valence electrons. The largest absolute Gasteiger partial charge is 0.463 e. The van der Waals surface area contributed by atoms with Gasteiger partial charge >= 0.3 is 5.97 Å². The predicted molar refractivity (Wildman–Crippen MR) is 162 cm³/mol. The van der Waals surface area contributed by atoms with Crippen LogP contribution in [0.5, 0.6) is 0 Å². The lowest BCUT2D eigenvalue weighted by molar-refractivity contribution is -0.139. The molecule has 0 spiro atoms. The SMILES string of the molecule is CCCC1=C(C(=O)OCC)[C@@H](c2ccc(C(C)C)cc2)n2c(s/c(=C/[C@H]3C(=O)N(c4ccccc4)N=C3C)c2=O)=N1. The van der Waals surface area contributed by atoms with E-state index in [-0.39, 0.29) is 18.1 Å². The number of amides is 1. The highest BCUT2D eigenvalue weighted by atomic mass is 32.1. The lowest BCUT2D eigenvalue weighted by atomic mass is 9.92. The molecule has 1 amide bonds. The van der Waals surface area contributed by atoms with Crippen LogP contribution in [0, 0.1) is 5.92 Å². The number of nitrogens with zero attached hydrogens (tertiary/aromatic N) is 4. The van der Waals surface area contributed by atoms with E-state index in [1.807, 2.05) is 61.5 Å². The highest BCUT2D eigenvalue weighted by Crippen LogP contribution is 2.33. The summed E-state index contributed by atoms with van der Waals surface area (Å²) < 4.78 is 7.44. The number of carbonyl (C=O) groups is 2. The molecule has 0 radical (unpaired) electrons. The third kappa shape index (κ3) is 5.34. The van der Waals surface area contributed by atoms with Crippen LogP contribution in [0.25, 0.3) is 6.08 Å². The summed E-state index contributed by atoms with van der Waals surface area (Å²) in [5.41, 5.74) is 3.94. The Morgan fingerprint density at radius 1 is 1.07 bits per heavy atom. The number of aromatic nitrogens is 1. The summed E-state index contributed by atoms with van der Waals surface area (Å²) in [5.74, 6) is -1.04.